The third-order valence-electron chi connectivity index (χ3n) is 13.0. The molecule has 23 nitrogen and oxygen atoms in total. The van der Waals surface area contributed by atoms with E-state index in [9.17, 15) is 38.7 Å². The van der Waals surface area contributed by atoms with E-state index in [1.165, 1.54) is 33.6 Å². The lowest BCUT2D eigenvalue weighted by molar-refractivity contribution is -0.160. The van der Waals surface area contributed by atoms with E-state index in [2.05, 4.69) is 16.0 Å². The molecular weight excluding hydrogens is 851 g/mol. The molecule has 6 fully saturated rings. The quantitative estimate of drug-likeness (QED) is 0.0760. The SMILES string of the molecule is C[C@@H](O)[C@H]1C(=O)N(CC(=O)N2CCN(c3nc(NCCCC[C@@H]4SC[C@@H]5NC(=O)N[C@@H]54)nc(N4CCN(C(=O)[C@H](CCCCN)N5CC(=O)N(C)CC5=O)CC4)n3)CC2)CC(=O)N1C. The molecule has 24 heteroatoms. The highest BCUT2D eigenvalue weighted by molar-refractivity contribution is 8.00. The number of fused-ring (bicyclic) bond motifs is 1. The van der Waals surface area contributed by atoms with Crippen LogP contribution in [0.15, 0.2) is 0 Å². The maximum absolute atomic E-state index is 14.1. The summed E-state index contributed by atoms with van der Waals surface area (Å²) in [4.78, 5) is 118. The number of urea groups is 1. The van der Waals surface area contributed by atoms with Gasteiger partial charge in [0.25, 0.3) is 0 Å². The highest BCUT2D eigenvalue weighted by Gasteiger charge is 2.44. The van der Waals surface area contributed by atoms with E-state index >= 15 is 0 Å². The molecule has 6 atom stereocenters. The number of carbonyl (C=O) groups excluding carboxylic acids is 7. The van der Waals surface area contributed by atoms with Crippen molar-refractivity contribution in [3.05, 3.63) is 0 Å². The second-order valence-electron chi connectivity index (χ2n) is 17.4. The van der Waals surface area contributed by atoms with Gasteiger partial charge in [-0.15, -0.1) is 0 Å². The molecule has 0 saturated carbocycles. The highest BCUT2D eigenvalue weighted by Crippen LogP contribution is 2.33. The third kappa shape index (κ3) is 10.6. The summed E-state index contributed by atoms with van der Waals surface area (Å²) in [5.74, 6) is 0.367. The molecule has 0 unspecified atom stereocenters. The van der Waals surface area contributed by atoms with Gasteiger partial charge in [-0.3, -0.25) is 28.8 Å². The van der Waals surface area contributed by atoms with Crippen molar-refractivity contribution >= 4 is 71.1 Å². The Kier molecular flexibility index (Phi) is 15.1. The first-order chi connectivity index (χ1) is 30.7. The Balaban J connectivity index is 0.994. The molecule has 6 N–H and O–H groups in total. The molecule has 1 aromatic heterocycles. The largest absolute Gasteiger partial charge is 0.391 e. The van der Waals surface area contributed by atoms with Crippen molar-refractivity contribution in [3.63, 3.8) is 0 Å². The smallest absolute Gasteiger partial charge is 0.315 e. The molecule has 8 amide bonds. The lowest BCUT2D eigenvalue weighted by Crippen LogP contribution is -2.63. The van der Waals surface area contributed by atoms with Crippen LogP contribution in [0.2, 0.25) is 0 Å². The topological polar surface area (TPSA) is 266 Å². The van der Waals surface area contributed by atoms with E-state index in [0.29, 0.717) is 108 Å². The molecule has 0 radical (unpaired) electrons. The number of nitrogens with one attached hydrogen (secondary N) is 3. The van der Waals surface area contributed by atoms with Crippen LogP contribution in [0.3, 0.4) is 0 Å². The number of piperazine rings is 4. The van der Waals surface area contributed by atoms with E-state index in [0.717, 1.165) is 25.0 Å². The summed E-state index contributed by atoms with van der Waals surface area (Å²) in [7, 11) is 3.05. The van der Waals surface area contributed by atoms with Gasteiger partial charge in [0.2, 0.25) is 53.3 Å². The van der Waals surface area contributed by atoms with E-state index in [-0.39, 0.29) is 73.8 Å². The second kappa shape index (κ2) is 20.7. The van der Waals surface area contributed by atoms with Crippen molar-refractivity contribution in [2.24, 2.45) is 5.73 Å². The van der Waals surface area contributed by atoms with Crippen LogP contribution >= 0.6 is 11.8 Å². The van der Waals surface area contributed by atoms with Crippen LogP contribution in [0.1, 0.15) is 45.4 Å². The minimum Gasteiger partial charge on any atom is -0.391 e. The fourth-order valence-corrected chi connectivity index (χ4v) is 10.8. The number of nitrogens with two attached hydrogens (primary N) is 1. The van der Waals surface area contributed by atoms with Crippen LogP contribution in [-0.4, -0.2) is 238 Å². The summed E-state index contributed by atoms with van der Waals surface area (Å²) in [5.41, 5.74) is 5.75. The Labute approximate surface area is 377 Å². The van der Waals surface area contributed by atoms with Crippen molar-refractivity contribution < 1.29 is 38.7 Å². The molecule has 6 aliphatic heterocycles. The zero-order chi connectivity index (χ0) is 45.7. The first-order valence-electron chi connectivity index (χ1n) is 22.4. The summed E-state index contributed by atoms with van der Waals surface area (Å²) in [5, 5.41) is 20.0. The molecule has 0 bridgehead atoms. The molecule has 0 aliphatic carbocycles. The number of hydrogen-bond acceptors (Lipinski definition) is 16. The third-order valence-corrected chi connectivity index (χ3v) is 14.5. The van der Waals surface area contributed by atoms with Crippen LogP contribution in [0.25, 0.3) is 0 Å². The fourth-order valence-electron chi connectivity index (χ4n) is 9.23. The van der Waals surface area contributed by atoms with Crippen molar-refractivity contribution in [3.8, 4) is 0 Å². The van der Waals surface area contributed by atoms with Crippen LogP contribution in [-0.2, 0) is 28.8 Å². The lowest BCUT2D eigenvalue weighted by atomic mass is 10.0. The standard InChI is InChI=1S/C40H63N15O8S/c1-25(56)34-36(62)54(21-30(58)49(34)3)22-31(59)50-12-16-52(17-13-50)38-45-37(42-11-7-5-9-28-33-26(24-64-28)43-40(63)44-33)46-39(47-38)53-18-14-51(15-19-53)35(61)27(8-4-6-10-41)55-23-29(57)48(2)20-32(55)60/h25-28,33-34,56H,4-24,41H2,1-3H3,(H2,43,44,63)(H,42,45,46,47)/t25-,26+,27+,28+,33+,34+/m1/s1. The molecule has 7 heterocycles. The Morgan fingerprint density at radius 1 is 0.828 bits per heavy atom. The zero-order valence-electron chi connectivity index (χ0n) is 37.0. The fraction of sp³-hybridized carbons (Fsp3) is 0.750. The first-order valence-corrected chi connectivity index (χ1v) is 23.5. The van der Waals surface area contributed by atoms with Crippen molar-refractivity contribution in [2.75, 3.05) is 127 Å². The maximum Gasteiger partial charge on any atom is 0.315 e. The van der Waals surface area contributed by atoms with Crippen LogP contribution < -0.4 is 31.5 Å². The average Bonchev–Trinajstić information content (AvgIpc) is 3.84. The monoisotopic (exact) mass is 913 g/mol. The molecule has 6 saturated heterocycles. The predicted molar refractivity (Wildman–Crippen MR) is 236 cm³/mol. The number of amides is 8. The number of aliphatic hydroxyl groups excluding tert-OH is 1. The number of hydrogen-bond donors (Lipinski definition) is 5. The number of aromatic nitrogens is 3. The van der Waals surface area contributed by atoms with Crippen LogP contribution in [0.5, 0.6) is 0 Å². The van der Waals surface area contributed by atoms with Gasteiger partial charge in [-0.2, -0.15) is 26.7 Å². The van der Waals surface area contributed by atoms with Gasteiger partial charge in [-0.25, -0.2) is 4.79 Å². The molecule has 352 valence electrons. The second-order valence-corrected chi connectivity index (χ2v) is 18.7. The van der Waals surface area contributed by atoms with Crippen LogP contribution in [0.4, 0.5) is 22.6 Å². The lowest BCUT2D eigenvalue weighted by Gasteiger charge is -2.41. The maximum atomic E-state index is 14.1. The Morgan fingerprint density at radius 2 is 1.50 bits per heavy atom. The van der Waals surface area contributed by atoms with E-state index < -0.39 is 24.1 Å². The van der Waals surface area contributed by atoms with E-state index in [1.807, 2.05) is 21.6 Å². The minimum atomic E-state index is -1.09. The molecule has 1 aromatic rings. The molecule has 64 heavy (non-hydrogen) atoms. The molecule has 0 aromatic carbocycles. The van der Waals surface area contributed by atoms with Crippen molar-refractivity contribution in [1.82, 2.24) is 55.0 Å². The number of rotatable bonds is 17. The number of carbonyl (C=O) groups is 7. The van der Waals surface area contributed by atoms with Crippen LogP contribution in [0, 0.1) is 0 Å². The van der Waals surface area contributed by atoms with Gasteiger partial charge in [0.05, 0.1) is 24.7 Å². The zero-order valence-corrected chi connectivity index (χ0v) is 37.8. The summed E-state index contributed by atoms with van der Waals surface area (Å²) in [6, 6.07) is -1.59. The van der Waals surface area contributed by atoms with Gasteiger partial charge >= 0.3 is 6.03 Å². The predicted octanol–water partition coefficient (Wildman–Crippen LogP) is -3.24. The Hall–Kier alpha value is -5.23. The van der Waals surface area contributed by atoms with Gasteiger partial charge in [-0.1, -0.05) is 6.42 Å². The van der Waals surface area contributed by atoms with Gasteiger partial charge < -0.3 is 66.0 Å². The van der Waals surface area contributed by atoms with Gasteiger partial charge in [0.1, 0.15) is 31.7 Å². The average molecular weight is 914 g/mol. The number of nitrogens with zero attached hydrogens (tertiary/aromatic N) is 11. The summed E-state index contributed by atoms with van der Waals surface area (Å²) >= 11 is 1.88. The Bertz CT molecular complexity index is 1910. The summed E-state index contributed by atoms with van der Waals surface area (Å²) < 4.78 is 0. The van der Waals surface area contributed by atoms with Gasteiger partial charge in [0, 0.05) is 84.0 Å². The minimum absolute atomic E-state index is 0.0699. The number of unbranched alkanes of at least 4 members (excludes halogenated alkanes) is 2. The van der Waals surface area contributed by atoms with Gasteiger partial charge in [0.15, 0.2) is 0 Å². The Morgan fingerprint density at radius 3 is 2.16 bits per heavy atom. The number of anilines is 3. The molecular formula is C40H63N15O8S. The first kappa shape index (κ1) is 46.8. The van der Waals surface area contributed by atoms with Crippen molar-refractivity contribution in [2.45, 2.75) is 81.0 Å². The van der Waals surface area contributed by atoms with Crippen molar-refractivity contribution in [1.29, 1.82) is 0 Å². The van der Waals surface area contributed by atoms with E-state index in [1.54, 1.807) is 16.8 Å². The molecule has 7 rings (SSSR count). The number of likely N-dealkylation sites (N-methyl/N-ethyl adjacent to an activating group) is 2. The number of thioether (sulfide) groups is 1. The van der Waals surface area contributed by atoms with Gasteiger partial charge in [-0.05, 0) is 45.6 Å². The number of aliphatic hydroxyl groups is 1. The van der Waals surface area contributed by atoms with E-state index in [4.69, 9.17) is 20.7 Å². The summed E-state index contributed by atoms with van der Waals surface area (Å²) in [6.07, 6.45) is 3.41. The summed E-state index contributed by atoms with van der Waals surface area (Å²) in [6.45, 7) is 4.76. The normalized spacial score (nSPS) is 25.2. The highest BCUT2D eigenvalue weighted by atomic mass is 32.2. The molecule has 0 spiro atoms. The molecule has 6 aliphatic rings.